The molecule has 1 aliphatic heterocycles. The Morgan fingerprint density at radius 2 is 2.03 bits per heavy atom. The van der Waals surface area contributed by atoms with Gasteiger partial charge in [-0.3, -0.25) is 19.7 Å². The Morgan fingerprint density at radius 3 is 2.71 bits per heavy atom. The van der Waals surface area contributed by atoms with Gasteiger partial charge in [-0.1, -0.05) is 44.2 Å². The first kappa shape index (κ1) is 22.2. The quantitative estimate of drug-likeness (QED) is 0.301. The van der Waals surface area contributed by atoms with Crippen LogP contribution in [0.1, 0.15) is 37.3 Å². The smallest absolute Gasteiger partial charge is 0.310 e. The van der Waals surface area contributed by atoms with Crippen LogP contribution < -0.4 is 0 Å². The highest BCUT2D eigenvalue weighted by Crippen LogP contribution is 2.38. The van der Waals surface area contributed by atoms with Crippen molar-refractivity contribution in [2.75, 3.05) is 20.2 Å². The molecule has 0 N–H and O–H groups in total. The molecule has 1 heterocycles. The topological polar surface area (TPSA) is 89.8 Å². The van der Waals surface area contributed by atoms with Gasteiger partial charge in [0, 0.05) is 19.2 Å². The van der Waals surface area contributed by atoms with Crippen LogP contribution >= 0.6 is 0 Å². The van der Waals surface area contributed by atoms with Gasteiger partial charge in [-0.15, -0.1) is 0 Å². The van der Waals surface area contributed by atoms with Gasteiger partial charge in [-0.25, -0.2) is 0 Å². The number of methoxy groups -OCH3 is 1. The first-order chi connectivity index (χ1) is 14.8. The first-order valence-electron chi connectivity index (χ1n) is 10.2. The Morgan fingerprint density at radius 1 is 1.29 bits per heavy atom. The number of benzene rings is 2. The molecular formula is C24H25N2O5. The lowest BCUT2D eigenvalue weighted by molar-refractivity contribution is -0.384. The fraction of sp³-hybridized carbons (Fsp3) is 0.333. The number of likely N-dealkylation sites (tertiary alicyclic amines) is 1. The van der Waals surface area contributed by atoms with Gasteiger partial charge in [0.25, 0.3) is 5.69 Å². The molecule has 0 bridgehead atoms. The monoisotopic (exact) mass is 421 g/mol. The molecule has 1 fully saturated rings. The van der Waals surface area contributed by atoms with Gasteiger partial charge >= 0.3 is 5.97 Å². The third-order valence-corrected chi connectivity index (χ3v) is 5.48. The zero-order valence-corrected chi connectivity index (χ0v) is 17.8. The number of nitro benzene ring substituents is 1. The van der Waals surface area contributed by atoms with E-state index in [2.05, 4.69) is 6.07 Å². The van der Waals surface area contributed by atoms with E-state index in [1.165, 1.54) is 19.3 Å². The van der Waals surface area contributed by atoms with E-state index in [0.717, 1.165) is 11.1 Å². The van der Waals surface area contributed by atoms with E-state index in [4.69, 9.17) is 4.74 Å². The van der Waals surface area contributed by atoms with E-state index in [1.54, 1.807) is 17.0 Å². The summed E-state index contributed by atoms with van der Waals surface area (Å²) in [5.41, 5.74) is 2.60. The van der Waals surface area contributed by atoms with Gasteiger partial charge in [0.15, 0.2) is 0 Å². The molecule has 1 unspecified atom stereocenters. The zero-order chi connectivity index (χ0) is 22.5. The minimum Gasteiger partial charge on any atom is -0.469 e. The summed E-state index contributed by atoms with van der Waals surface area (Å²) >= 11 is 0. The normalized spacial score (nSPS) is 16.1. The summed E-state index contributed by atoms with van der Waals surface area (Å²) in [6.07, 6.45) is 3.56. The third-order valence-electron chi connectivity index (χ3n) is 5.48. The van der Waals surface area contributed by atoms with E-state index >= 15 is 0 Å². The highest BCUT2D eigenvalue weighted by Gasteiger charge is 2.31. The summed E-state index contributed by atoms with van der Waals surface area (Å²) in [5.74, 6) is -0.719. The Labute approximate surface area is 181 Å². The number of esters is 1. The highest BCUT2D eigenvalue weighted by molar-refractivity contribution is 5.95. The predicted octanol–water partition coefficient (Wildman–Crippen LogP) is 4.22. The number of ether oxygens (including phenoxy) is 1. The molecule has 1 amide bonds. The average molecular weight is 421 g/mol. The van der Waals surface area contributed by atoms with Crippen LogP contribution in [0.3, 0.4) is 0 Å². The molecule has 1 atom stereocenters. The van der Waals surface area contributed by atoms with Crippen molar-refractivity contribution < 1.29 is 19.2 Å². The number of nitro groups is 1. The molecule has 161 valence electrons. The van der Waals surface area contributed by atoms with Gasteiger partial charge in [0.05, 0.1) is 29.6 Å². The molecule has 31 heavy (non-hydrogen) atoms. The second-order valence-corrected chi connectivity index (χ2v) is 7.78. The van der Waals surface area contributed by atoms with Gasteiger partial charge in [0.2, 0.25) is 5.91 Å². The van der Waals surface area contributed by atoms with Gasteiger partial charge in [-0.2, -0.15) is 0 Å². The SMILES string of the molecule is COC(=O)C1CCN(C(=O)/C=C/c2cc[c]c([N+](=O)[O-])c2-c2ccccc2C(C)C)C1. The predicted molar refractivity (Wildman–Crippen MR) is 117 cm³/mol. The van der Waals surface area contributed by atoms with Crippen LogP contribution in [0.15, 0.2) is 42.5 Å². The lowest BCUT2D eigenvalue weighted by Crippen LogP contribution is -2.28. The van der Waals surface area contributed by atoms with Crippen molar-refractivity contribution in [1.29, 1.82) is 0 Å². The van der Waals surface area contributed by atoms with Crippen molar-refractivity contribution >= 4 is 23.6 Å². The number of hydrogen-bond acceptors (Lipinski definition) is 5. The first-order valence-corrected chi connectivity index (χ1v) is 10.2. The molecule has 0 aliphatic carbocycles. The van der Waals surface area contributed by atoms with Crippen LogP contribution in [-0.2, 0) is 14.3 Å². The Hall–Kier alpha value is -3.48. The number of hydrogen-bond donors (Lipinski definition) is 0. The molecule has 0 spiro atoms. The second-order valence-electron chi connectivity index (χ2n) is 7.78. The van der Waals surface area contributed by atoms with E-state index in [9.17, 15) is 19.7 Å². The van der Waals surface area contributed by atoms with E-state index in [1.807, 2.05) is 38.1 Å². The highest BCUT2D eigenvalue weighted by atomic mass is 16.6. The molecule has 1 aliphatic rings. The van der Waals surface area contributed by atoms with Crippen LogP contribution in [0.4, 0.5) is 5.69 Å². The largest absolute Gasteiger partial charge is 0.469 e. The number of nitrogens with zero attached hydrogens (tertiary/aromatic N) is 2. The standard InChI is InChI=1S/C24H25N2O5/c1-16(2)19-8-4-5-9-20(19)23-17(7-6-10-21(23)26(29)30)11-12-22(27)25-14-13-18(15-25)24(28)31-3/h4-9,11-12,16,18H,13-15H2,1-3H3/b12-11+. The molecule has 2 aromatic rings. The maximum Gasteiger partial charge on any atom is 0.310 e. The number of carbonyl (C=O) groups is 2. The van der Waals surface area contributed by atoms with Crippen molar-refractivity contribution in [3.8, 4) is 11.1 Å². The second kappa shape index (κ2) is 9.55. The lowest BCUT2D eigenvalue weighted by Gasteiger charge is -2.15. The summed E-state index contributed by atoms with van der Waals surface area (Å²) in [6.45, 7) is 4.83. The van der Waals surface area contributed by atoms with Crippen molar-refractivity contribution in [3.63, 3.8) is 0 Å². The van der Waals surface area contributed by atoms with Crippen molar-refractivity contribution in [2.24, 2.45) is 5.92 Å². The van der Waals surface area contributed by atoms with Crippen molar-refractivity contribution in [1.82, 2.24) is 4.90 Å². The molecule has 1 saturated heterocycles. The minimum absolute atomic E-state index is 0.130. The van der Waals surface area contributed by atoms with E-state index in [-0.39, 0.29) is 29.4 Å². The Kier molecular flexibility index (Phi) is 6.84. The van der Waals surface area contributed by atoms with Gasteiger partial charge in [-0.05, 0) is 41.2 Å². The van der Waals surface area contributed by atoms with Crippen LogP contribution in [0, 0.1) is 22.1 Å². The Balaban J connectivity index is 1.96. The van der Waals surface area contributed by atoms with E-state index in [0.29, 0.717) is 30.6 Å². The fourth-order valence-electron chi connectivity index (χ4n) is 3.88. The maximum atomic E-state index is 12.7. The Bertz CT molecular complexity index is 1030. The van der Waals surface area contributed by atoms with Crippen molar-refractivity contribution in [2.45, 2.75) is 26.2 Å². The number of rotatable bonds is 6. The third kappa shape index (κ3) is 4.82. The van der Waals surface area contributed by atoms with Crippen molar-refractivity contribution in [3.05, 3.63) is 69.8 Å². The molecule has 1 radical (unpaired) electrons. The summed E-state index contributed by atoms with van der Waals surface area (Å²) in [7, 11) is 1.34. The average Bonchev–Trinajstić information content (AvgIpc) is 3.27. The summed E-state index contributed by atoms with van der Waals surface area (Å²) in [6, 6.07) is 13.5. The number of carbonyl (C=O) groups excluding carboxylic acids is 2. The van der Waals surface area contributed by atoms with Crippen LogP contribution in [0.5, 0.6) is 0 Å². The van der Waals surface area contributed by atoms with Crippen LogP contribution in [0.25, 0.3) is 17.2 Å². The minimum atomic E-state index is -0.451. The van der Waals surface area contributed by atoms with Crippen LogP contribution in [-0.4, -0.2) is 41.9 Å². The fourth-order valence-corrected chi connectivity index (χ4v) is 3.88. The summed E-state index contributed by atoms with van der Waals surface area (Å²) in [5, 5.41) is 11.7. The summed E-state index contributed by atoms with van der Waals surface area (Å²) in [4.78, 5) is 37.2. The lowest BCUT2D eigenvalue weighted by atomic mass is 9.89. The maximum absolute atomic E-state index is 12.7. The molecule has 3 rings (SSSR count). The van der Waals surface area contributed by atoms with E-state index < -0.39 is 4.92 Å². The molecule has 7 nitrogen and oxygen atoms in total. The molecule has 7 heteroatoms. The number of amides is 1. The van der Waals surface area contributed by atoms with Gasteiger partial charge < -0.3 is 9.64 Å². The molecule has 2 aromatic carbocycles. The molecular weight excluding hydrogens is 396 g/mol. The molecule has 0 aromatic heterocycles. The van der Waals surface area contributed by atoms with Crippen LogP contribution in [0.2, 0.25) is 0 Å². The van der Waals surface area contributed by atoms with Gasteiger partial charge in [0.1, 0.15) is 0 Å². The zero-order valence-electron chi connectivity index (χ0n) is 17.8. The summed E-state index contributed by atoms with van der Waals surface area (Å²) < 4.78 is 4.76. The molecule has 0 saturated carbocycles.